The number of ether oxygens (including phenoxy) is 1. The van der Waals surface area contributed by atoms with E-state index in [1.807, 2.05) is 0 Å². The summed E-state index contributed by atoms with van der Waals surface area (Å²) in [5, 5.41) is 0. The Morgan fingerprint density at radius 3 is 3.17 bits per heavy atom. The predicted octanol–water partition coefficient (Wildman–Crippen LogP) is 1.33. The number of aromatic nitrogens is 1. The van der Waals surface area contributed by atoms with Crippen LogP contribution >= 0.6 is 0 Å². The number of likely N-dealkylation sites (N-methyl/N-ethyl adjacent to an activating group) is 1. The summed E-state index contributed by atoms with van der Waals surface area (Å²) in [5.41, 5.74) is 6.36. The van der Waals surface area contributed by atoms with Crippen LogP contribution < -0.4 is 15.6 Å². The summed E-state index contributed by atoms with van der Waals surface area (Å²) in [4.78, 5) is 18.1. The Kier molecular flexibility index (Phi) is 5.07. The van der Waals surface area contributed by atoms with Gasteiger partial charge in [-0.1, -0.05) is 6.07 Å². The fraction of sp³-hybridized carbons (Fsp3) is 0.375. The molecule has 2 heterocycles. The molecule has 0 spiro atoms. The molecular formula is C16H19FN4O3. The number of rotatable bonds is 6. The molecule has 1 aliphatic heterocycles. The maximum Gasteiger partial charge on any atom is 0.275 e. The van der Waals surface area contributed by atoms with Crippen LogP contribution in [0.1, 0.15) is 22.8 Å². The molecule has 2 aromatic rings. The summed E-state index contributed by atoms with van der Waals surface area (Å²) in [6, 6.07) is 6.01. The smallest absolute Gasteiger partial charge is 0.275 e. The zero-order chi connectivity index (χ0) is 16.9. The summed E-state index contributed by atoms with van der Waals surface area (Å²) >= 11 is 0. The number of amides is 1. The molecule has 1 unspecified atom stereocenters. The van der Waals surface area contributed by atoms with Crippen molar-refractivity contribution < 1.29 is 18.3 Å². The van der Waals surface area contributed by atoms with Gasteiger partial charge in [0.05, 0.1) is 0 Å². The highest BCUT2D eigenvalue weighted by Crippen LogP contribution is 2.14. The number of hydrogen-bond donors (Lipinski definition) is 2. The first-order chi connectivity index (χ1) is 11.6. The van der Waals surface area contributed by atoms with Crippen LogP contribution in [0.3, 0.4) is 0 Å². The molecule has 7 nitrogen and oxygen atoms in total. The van der Waals surface area contributed by atoms with Crippen molar-refractivity contribution in [3.8, 4) is 5.75 Å². The normalized spacial score (nSPS) is 17.0. The van der Waals surface area contributed by atoms with Gasteiger partial charge in [0.2, 0.25) is 5.89 Å². The third kappa shape index (κ3) is 4.09. The molecule has 8 heteroatoms. The predicted molar refractivity (Wildman–Crippen MR) is 83.7 cm³/mol. The van der Waals surface area contributed by atoms with E-state index in [9.17, 15) is 9.18 Å². The third-order valence-electron chi connectivity index (χ3n) is 3.69. The van der Waals surface area contributed by atoms with Gasteiger partial charge in [-0.15, -0.1) is 0 Å². The van der Waals surface area contributed by atoms with Crippen molar-refractivity contribution in [1.82, 2.24) is 20.7 Å². The van der Waals surface area contributed by atoms with Gasteiger partial charge in [0.1, 0.15) is 17.8 Å². The van der Waals surface area contributed by atoms with Gasteiger partial charge >= 0.3 is 0 Å². The number of oxazole rings is 1. The molecule has 2 N–H and O–H groups in total. The van der Waals surface area contributed by atoms with Crippen molar-refractivity contribution in [2.75, 3.05) is 20.1 Å². The van der Waals surface area contributed by atoms with Crippen LogP contribution in [0.2, 0.25) is 0 Å². The summed E-state index contributed by atoms with van der Waals surface area (Å²) < 4.78 is 23.7. The fourth-order valence-corrected chi connectivity index (χ4v) is 2.46. The molecule has 0 aliphatic carbocycles. The Bertz CT molecular complexity index is 700. The van der Waals surface area contributed by atoms with Gasteiger partial charge in [-0.25, -0.2) is 9.37 Å². The average Bonchev–Trinajstić information content (AvgIpc) is 3.24. The highest BCUT2D eigenvalue weighted by Gasteiger charge is 2.22. The first kappa shape index (κ1) is 16.4. The van der Waals surface area contributed by atoms with Crippen molar-refractivity contribution >= 4 is 5.91 Å². The zero-order valence-corrected chi connectivity index (χ0v) is 13.3. The zero-order valence-electron chi connectivity index (χ0n) is 13.3. The minimum atomic E-state index is -0.382. The number of carbonyl (C=O) groups excluding carboxylic acids is 1. The van der Waals surface area contributed by atoms with Crippen LogP contribution in [0.5, 0.6) is 5.75 Å². The number of benzene rings is 1. The first-order valence-electron chi connectivity index (χ1n) is 7.68. The minimum absolute atomic E-state index is 0.0224. The second kappa shape index (κ2) is 7.41. The van der Waals surface area contributed by atoms with Gasteiger partial charge in [0.25, 0.3) is 5.91 Å². The Balaban J connectivity index is 1.55. The highest BCUT2D eigenvalue weighted by molar-refractivity contribution is 5.91. The van der Waals surface area contributed by atoms with Gasteiger partial charge < -0.3 is 14.1 Å². The van der Waals surface area contributed by atoms with E-state index >= 15 is 0 Å². The molecule has 128 valence electrons. The molecule has 1 fully saturated rings. The number of carbonyl (C=O) groups is 1. The van der Waals surface area contributed by atoms with E-state index in [2.05, 4.69) is 15.8 Å². The topological polar surface area (TPSA) is 79.6 Å². The second-order valence-corrected chi connectivity index (χ2v) is 5.61. The Morgan fingerprint density at radius 1 is 1.54 bits per heavy atom. The summed E-state index contributed by atoms with van der Waals surface area (Å²) in [7, 11) is 1.72. The minimum Gasteiger partial charge on any atom is -0.484 e. The van der Waals surface area contributed by atoms with Gasteiger partial charge in [0, 0.05) is 32.2 Å². The second-order valence-electron chi connectivity index (χ2n) is 5.61. The van der Waals surface area contributed by atoms with Crippen LogP contribution in [-0.2, 0) is 6.61 Å². The lowest BCUT2D eigenvalue weighted by Gasteiger charge is -2.19. The quantitative estimate of drug-likeness (QED) is 0.830. The molecule has 3 rings (SSSR count). The Labute approximate surface area is 138 Å². The van der Waals surface area contributed by atoms with E-state index in [0.29, 0.717) is 12.3 Å². The fourth-order valence-electron chi connectivity index (χ4n) is 2.46. The maximum atomic E-state index is 13.1. The molecule has 0 radical (unpaired) electrons. The van der Waals surface area contributed by atoms with Crippen LogP contribution in [0.4, 0.5) is 4.39 Å². The summed E-state index contributed by atoms with van der Waals surface area (Å²) in [5.74, 6) is 0.0338. The van der Waals surface area contributed by atoms with Crippen LogP contribution in [0.25, 0.3) is 0 Å². The van der Waals surface area contributed by atoms with Crippen molar-refractivity contribution in [1.29, 1.82) is 0 Å². The van der Waals surface area contributed by atoms with Crippen LogP contribution in [0, 0.1) is 5.82 Å². The molecule has 0 bridgehead atoms. The van der Waals surface area contributed by atoms with Gasteiger partial charge in [-0.05, 0) is 18.6 Å². The molecule has 1 aliphatic rings. The molecular weight excluding hydrogens is 315 g/mol. The van der Waals surface area contributed by atoms with Gasteiger partial charge in [-0.2, -0.15) is 0 Å². The highest BCUT2D eigenvalue weighted by atomic mass is 19.1. The number of halogens is 1. The summed E-state index contributed by atoms with van der Waals surface area (Å²) in [6.07, 6.45) is 2.27. The lowest BCUT2D eigenvalue weighted by molar-refractivity contribution is 0.0777. The van der Waals surface area contributed by atoms with Gasteiger partial charge in [-0.3, -0.25) is 15.6 Å². The number of nitrogens with zero attached hydrogens (tertiary/aromatic N) is 2. The standard InChI is InChI=1S/C16H19FN4O3/c1-21(8-12-5-6-18-20-12)16(22)14-9-24-15(19-14)10-23-13-4-2-3-11(17)7-13/h2-4,7,9,12,18,20H,5-6,8,10H2,1H3. The van der Waals surface area contributed by atoms with Crippen molar-refractivity contribution in [3.05, 3.63) is 47.9 Å². The number of hydrogen-bond acceptors (Lipinski definition) is 6. The Morgan fingerprint density at radius 2 is 2.42 bits per heavy atom. The number of nitrogens with one attached hydrogen (secondary N) is 2. The van der Waals surface area contributed by atoms with E-state index in [1.165, 1.54) is 18.4 Å². The SMILES string of the molecule is CN(CC1CCNN1)C(=O)c1coc(COc2cccc(F)c2)n1. The van der Waals surface area contributed by atoms with Gasteiger partial charge in [0.15, 0.2) is 12.3 Å². The molecule has 1 aromatic carbocycles. The monoisotopic (exact) mass is 334 g/mol. The molecule has 1 atom stereocenters. The molecule has 1 aromatic heterocycles. The van der Waals surface area contributed by atoms with E-state index in [-0.39, 0.29) is 36.0 Å². The third-order valence-corrected chi connectivity index (χ3v) is 3.69. The van der Waals surface area contributed by atoms with E-state index < -0.39 is 0 Å². The van der Waals surface area contributed by atoms with E-state index in [0.717, 1.165) is 13.0 Å². The Hall–Kier alpha value is -2.45. The average molecular weight is 334 g/mol. The maximum absolute atomic E-state index is 13.1. The molecule has 24 heavy (non-hydrogen) atoms. The van der Waals surface area contributed by atoms with E-state index in [1.54, 1.807) is 24.1 Å². The van der Waals surface area contributed by atoms with E-state index in [4.69, 9.17) is 9.15 Å². The lowest BCUT2D eigenvalue weighted by atomic mass is 10.2. The van der Waals surface area contributed by atoms with Crippen LogP contribution in [0.15, 0.2) is 34.9 Å². The van der Waals surface area contributed by atoms with Crippen LogP contribution in [-0.4, -0.2) is 42.0 Å². The largest absolute Gasteiger partial charge is 0.484 e. The lowest BCUT2D eigenvalue weighted by Crippen LogP contribution is -2.41. The van der Waals surface area contributed by atoms with Crippen molar-refractivity contribution in [2.24, 2.45) is 0 Å². The first-order valence-corrected chi connectivity index (χ1v) is 7.68. The van der Waals surface area contributed by atoms with Crippen molar-refractivity contribution in [2.45, 2.75) is 19.1 Å². The molecule has 0 saturated carbocycles. The molecule has 1 amide bonds. The molecule has 1 saturated heterocycles. The van der Waals surface area contributed by atoms with Crippen molar-refractivity contribution in [3.63, 3.8) is 0 Å². The summed E-state index contributed by atoms with van der Waals surface area (Å²) in [6.45, 7) is 1.49. The number of hydrazine groups is 1.